The van der Waals surface area contributed by atoms with Crippen molar-refractivity contribution in [2.24, 2.45) is 5.73 Å². The molecule has 0 saturated heterocycles. The highest BCUT2D eigenvalue weighted by Crippen LogP contribution is 2.34. The van der Waals surface area contributed by atoms with Gasteiger partial charge in [0.15, 0.2) is 0 Å². The van der Waals surface area contributed by atoms with E-state index < -0.39 is 0 Å². The van der Waals surface area contributed by atoms with Crippen molar-refractivity contribution in [2.45, 2.75) is 59.0 Å². The third kappa shape index (κ3) is 5.11. The molecule has 1 aromatic heterocycles. The number of thiophene rings is 1. The Balaban J connectivity index is 1.81. The monoisotopic (exact) mass is 421 g/mol. The molecule has 2 N–H and O–H groups in total. The Morgan fingerprint density at radius 2 is 1.77 bits per heavy atom. The van der Waals surface area contributed by atoms with E-state index >= 15 is 0 Å². The predicted octanol–water partition coefficient (Wildman–Crippen LogP) is 7.04. The molecule has 0 aliphatic carbocycles. The minimum absolute atomic E-state index is 0.0792. The summed E-state index contributed by atoms with van der Waals surface area (Å²) < 4.78 is 6.33. The first-order valence-corrected chi connectivity index (χ1v) is 11.3. The van der Waals surface area contributed by atoms with E-state index in [-0.39, 0.29) is 17.4 Å². The summed E-state index contributed by atoms with van der Waals surface area (Å²) in [6.45, 7) is 10.9. The number of ether oxygens (including phenoxy) is 1. The Labute approximate surface area is 183 Å². The van der Waals surface area contributed by atoms with Crippen molar-refractivity contribution in [1.82, 2.24) is 0 Å². The summed E-state index contributed by atoms with van der Waals surface area (Å²) in [5, 5.41) is 0. The highest BCUT2D eigenvalue weighted by Gasteiger charge is 2.18. The summed E-state index contributed by atoms with van der Waals surface area (Å²) in [4.78, 5) is 13.0. The Morgan fingerprint density at radius 1 is 1.07 bits per heavy atom. The van der Waals surface area contributed by atoms with Gasteiger partial charge in [-0.25, -0.2) is 0 Å². The standard InChI is InChI=1S/C26H31NO2S/c1-6-7-22(23-14-15-24(30-23)25(27)28)29-20-12-13-21(17(2)16-20)18-8-10-19(11-9-18)26(3,4)5/h8-16,22H,6-7H2,1-5H3,(H2,27,28). The lowest BCUT2D eigenvalue weighted by Gasteiger charge is -2.20. The van der Waals surface area contributed by atoms with Crippen LogP contribution in [0.3, 0.4) is 0 Å². The van der Waals surface area contributed by atoms with E-state index in [2.05, 4.69) is 71.0 Å². The number of aryl methyl sites for hydroxylation is 1. The Morgan fingerprint density at radius 3 is 2.30 bits per heavy atom. The van der Waals surface area contributed by atoms with E-state index in [0.717, 1.165) is 23.5 Å². The van der Waals surface area contributed by atoms with E-state index in [1.165, 1.54) is 33.6 Å². The van der Waals surface area contributed by atoms with Gasteiger partial charge in [0.1, 0.15) is 11.9 Å². The van der Waals surface area contributed by atoms with E-state index in [0.29, 0.717) is 4.88 Å². The summed E-state index contributed by atoms with van der Waals surface area (Å²) >= 11 is 1.42. The van der Waals surface area contributed by atoms with Crippen LogP contribution in [0.15, 0.2) is 54.6 Å². The first-order chi connectivity index (χ1) is 14.2. The van der Waals surface area contributed by atoms with Crippen LogP contribution in [-0.2, 0) is 5.41 Å². The molecule has 0 bridgehead atoms. The predicted molar refractivity (Wildman–Crippen MR) is 126 cm³/mol. The summed E-state index contributed by atoms with van der Waals surface area (Å²) in [6, 6.07) is 18.8. The maximum absolute atomic E-state index is 11.4. The van der Waals surface area contributed by atoms with Crippen molar-refractivity contribution >= 4 is 17.2 Å². The second-order valence-electron chi connectivity index (χ2n) is 8.77. The van der Waals surface area contributed by atoms with Crippen LogP contribution in [0.25, 0.3) is 11.1 Å². The van der Waals surface area contributed by atoms with E-state index in [9.17, 15) is 4.79 Å². The maximum Gasteiger partial charge on any atom is 0.258 e. The fourth-order valence-corrected chi connectivity index (χ4v) is 4.45. The molecule has 2 aromatic carbocycles. The highest BCUT2D eigenvalue weighted by atomic mass is 32.1. The lowest BCUT2D eigenvalue weighted by atomic mass is 9.86. The van der Waals surface area contributed by atoms with Gasteiger partial charge in [0.2, 0.25) is 0 Å². The molecular formula is C26H31NO2S. The normalized spacial score (nSPS) is 12.6. The van der Waals surface area contributed by atoms with Crippen LogP contribution in [0.2, 0.25) is 0 Å². The molecule has 0 fully saturated rings. The van der Waals surface area contributed by atoms with Gasteiger partial charge in [0, 0.05) is 4.88 Å². The molecule has 0 spiro atoms. The van der Waals surface area contributed by atoms with Gasteiger partial charge in [-0.2, -0.15) is 0 Å². The largest absolute Gasteiger partial charge is 0.485 e. The number of amides is 1. The van der Waals surface area contributed by atoms with Crippen molar-refractivity contribution < 1.29 is 9.53 Å². The molecule has 4 heteroatoms. The van der Waals surface area contributed by atoms with Crippen LogP contribution in [0, 0.1) is 6.92 Å². The van der Waals surface area contributed by atoms with E-state index in [4.69, 9.17) is 10.5 Å². The zero-order valence-corrected chi connectivity index (χ0v) is 19.3. The van der Waals surface area contributed by atoms with Crippen LogP contribution < -0.4 is 10.5 Å². The molecule has 1 unspecified atom stereocenters. The summed E-state index contributed by atoms with van der Waals surface area (Å²) in [6.07, 6.45) is 1.80. The molecule has 3 aromatic rings. The van der Waals surface area contributed by atoms with Crippen LogP contribution in [-0.4, -0.2) is 5.91 Å². The topological polar surface area (TPSA) is 52.3 Å². The number of carbonyl (C=O) groups is 1. The molecule has 3 nitrogen and oxygen atoms in total. The van der Waals surface area contributed by atoms with Crippen molar-refractivity contribution in [1.29, 1.82) is 0 Å². The number of nitrogens with two attached hydrogens (primary N) is 1. The SMILES string of the molecule is CCCC(Oc1ccc(-c2ccc(C(C)(C)C)cc2)c(C)c1)c1ccc(C(N)=O)s1. The fraction of sp³-hybridized carbons (Fsp3) is 0.346. The van der Waals surface area contributed by atoms with Crippen molar-refractivity contribution in [3.8, 4) is 16.9 Å². The van der Waals surface area contributed by atoms with Crippen molar-refractivity contribution in [2.75, 3.05) is 0 Å². The Bertz CT molecular complexity index is 1010. The zero-order valence-electron chi connectivity index (χ0n) is 18.5. The van der Waals surface area contributed by atoms with Gasteiger partial charge in [-0.1, -0.05) is 64.4 Å². The molecule has 0 aliphatic heterocycles. The third-order valence-corrected chi connectivity index (χ3v) is 6.47. The highest BCUT2D eigenvalue weighted by molar-refractivity contribution is 7.14. The lowest BCUT2D eigenvalue weighted by molar-refractivity contribution is 0.100. The smallest absolute Gasteiger partial charge is 0.258 e. The maximum atomic E-state index is 11.4. The average Bonchev–Trinajstić information content (AvgIpc) is 3.18. The molecule has 158 valence electrons. The lowest BCUT2D eigenvalue weighted by Crippen LogP contribution is -2.10. The number of primary amides is 1. The number of benzene rings is 2. The first-order valence-electron chi connectivity index (χ1n) is 10.5. The van der Waals surface area contributed by atoms with Gasteiger partial charge < -0.3 is 10.5 Å². The average molecular weight is 422 g/mol. The quantitative estimate of drug-likeness (QED) is 0.445. The molecule has 0 saturated carbocycles. The number of hydrogen-bond donors (Lipinski definition) is 1. The molecule has 1 amide bonds. The molecule has 1 atom stereocenters. The molecule has 30 heavy (non-hydrogen) atoms. The summed E-state index contributed by atoms with van der Waals surface area (Å²) in [7, 11) is 0. The Hall–Kier alpha value is -2.59. The number of rotatable bonds is 7. The van der Waals surface area contributed by atoms with Crippen LogP contribution in [0.5, 0.6) is 5.75 Å². The van der Waals surface area contributed by atoms with Crippen molar-refractivity contribution in [3.05, 3.63) is 75.5 Å². The molecular weight excluding hydrogens is 390 g/mol. The van der Waals surface area contributed by atoms with E-state index in [1.807, 2.05) is 12.1 Å². The summed E-state index contributed by atoms with van der Waals surface area (Å²) in [5.41, 5.74) is 10.5. The fourth-order valence-electron chi connectivity index (χ4n) is 3.53. The number of hydrogen-bond acceptors (Lipinski definition) is 3. The first kappa shape index (κ1) is 22.1. The van der Waals surface area contributed by atoms with Gasteiger partial charge in [0.25, 0.3) is 5.91 Å². The second-order valence-corrected chi connectivity index (χ2v) is 9.88. The van der Waals surface area contributed by atoms with Crippen molar-refractivity contribution in [3.63, 3.8) is 0 Å². The van der Waals surface area contributed by atoms with E-state index in [1.54, 1.807) is 6.07 Å². The van der Waals surface area contributed by atoms with Gasteiger partial charge in [-0.3, -0.25) is 4.79 Å². The second kappa shape index (κ2) is 9.05. The van der Waals surface area contributed by atoms with Gasteiger partial charge >= 0.3 is 0 Å². The van der Waals surface area contributed by atoms with Crippen LogP contribution in [0.1, 0.15) is 72.3 Å². The Kier molecular flexibility index (Phi) is 6.67. The third-order valence-electron chi connectivity index (χ3n) is 5.28. The van der Waals surface area contributed by atoms with Gasteiger partial charge in [-0.05, 0) is 65.3 Å². The van der Waals surface area contributed by atoms with Gasteiger partial charge in [0.05, 0.1) is 4.88 Å². The number of carbonyl (C=O) groups excluding carboxylic acids is 1. The van der Waals surface area contributed by atoms with Crippen LogP contribution in [0.4, 0.5) is 0 Å². The van der Waals surface area contributed by atoms with Crippen LogP contribution >= 0.6 is 11.3 Å². The molecule has 1 heterocycles. The van der Waals surface area contributed by atoms with Gasteiger partial charge in [-0.15, -0.1) is 11.3 Å². The molecule has 3 rings (SSSR count). The minimum Gasteiger partial charge on any atom is -0.485 e. The zero-order chi connectivity index (χ0) is 21.9. The molecule has 0 aliphatic rings. The molecule has 0 radical (unpaired) electrons. The summed E-state index contributed by atoms with van der Waals surface area (Å²) in [5.74, 6) is 0.453. The minimum atomic E-state index is -0.390.